The molecule has 0 bridgehead atoms. The maximum absolute atomic E-state index is 13.4. The Bertz CT molecular complexity index is 1170. The highest BCUT2D eigenvalue weighted by Gasteiger charge is 2.32. The molecule has 0 heterocycles. The van der Waals surface area contributed by atoms with Crippen LogP contribution < -0.4 is 0 Å². The van der Waals surface area contributed by atoms with Crippen LogP contribution in [0.2, 0.25) is 10.0 Å². The van der Waals surface area contributed by atoms with E-state index in [9.17, 15) is 18.0 Å². The van der Waals surface area contributed by atoms with Crippen molar-refractivity contribution < 1.29 is 18.0 Å². The third kappa shape index (κ3) is 7.74. The van der Waals surface area contributed by atoms with Crippen molar-refractivity contribution in [3.05, 3.63) is 105 Å². The summed E-state index contributed by atoms with van der Waals surface area (Å²) >= 11 is 12.0. The highest BCUT2D eigenvalue weighted by molar-refractivity contribution is 6.31. The molecule has 0 atom stereocenters. The third-order valence-electron chi connectivity index (χ3n) is 5.74. The van der Waals surface area contributed by atoms with Gasteiger partial charge in [0.1, 0.15) is 0 Å². The number of carbonyl (C=O) groups excluding carboxylic acids is 1. The highest BCUT2D eigenvalue weighted by atomic mass is 35.5. The summed E-state index contributed by atoms with van der Waals surface area (Å²) in [6, 6.07) is 18.4. The summed E-state index contributed by atoms with van der Waals surface area (Å²) in [5.41, 5.74) is 2.04. The van der Waals surface area contributed by atoms with E-state index in [1.54, 1.807) is 11.0 Å². The molecule has 0 unspecified atom stereocenters. The van der Waals surface area contributed by atoms with Gasteiger partial charge in [-0.2, -0.15) is 13.2 Å². The molecule has 2 nitrogen and oxygen atoms in total. The molecule has 0 aromatic heterocycles. The zero-order valence-corrected chi connectivity index (χ0v) is 21.4. The predicted molar refractivity (Wildman–Crippen MR) is 136 cm³/mol. The number of amides is 1. The average molecular weight is 522 g/mol. The first-order valence-corrected chi connectivity index (χ1v) is 12.1. The topological polar surface area (TPSA) is 20.3 Å². The van der Waals surface area contributed by atoms with Crippen molar-refractivity contribution in [3.8, 4) is 0 Å². The molecule has 0 radical (unpaired) electrons. The number of rotatable bonds is 7. The smallest absolute Gasteiger partial charge is 0.334 e. The minimum Gasteiger partial charge on any atom is -0.334 e. The average Bonchev–Trinajstić information content (AvgIpc) is 2.77. The van der Waals surface area contributed by atoms with Gasteiger partial charge < -0.3 is 4.90 Å². The minimum atomic E-state index is -4.60. The van der Waals surface area contributed by atoms with Gasteiger partial charge in [-0.05, 0) is 65.3 Å². The normalized spacial score (nSPS) is 12.0. The van der Waals surface area contributed by atoms with Crippen molar-refractivity contribution in [2.45, 2.75) is 51.7 Å². The van der Waals surface area contributed by atoms with E-state index in [0.29, 0.717) is 24.4 Å². The van der Waals surface area contributed by atoms with Gasteiger partial charge in [-0.25, -0.2) is 0 Å². The van der Waals surface area contributed by atoms with Crippen LogP contribution in [0.3, 0.4) is 0 Å². The van der Waals surface area contributed by atoms with Crippen LogP contribution in [0.5, 0.6) is 0 Å². The van der Waals surface area contributed by atoms with E-state index in [1.165, 1.54) is 6.07 Å². The lowest BCUT2D eigenvalue weighted by molar-refractivity contribution is -0.137. The maximum atomic E-state index is 13.4. The number of hydrogen-bond donors (Lipinski definition) is 0. The summed E-state index contributed by atoms with van der Waals surface area (Å²) < 4.78 is 40.0. The molecule has 0 spiro atoms. The van der Waals surface area contributed by atoms with Crippen LogP contribution in [-0.4, -0.2) is 17.4 Å². The first-order valence-electron chi connectivity index (χ1n) is 11.3. The van der Waals surface area contributed by atoms with Crippen LogP contribution in [0.4, 0.5) is 13.2 Å². The number of nitrogens with zero attached hydrogens (tertiary/aromatic N) is 1. The monoisotopic (exact) mass is 521 g/mol. The molecule has 1 amide bonds. The Morgan fingerprint density at radius 1 is 0.829 bits per heavy atom. The summed E-state index contributed by atoms with van der Waals surface area (Å²) in [5.74, 6) is -0.496. The quantitative estimate of drug-likeness (QED) is 0.304. The summed E-state index contributed by atoms with van der Waals surface area (Å²) in [4.78, 5) is 15.0. The fourth-order valence-electron chi connectivity index (χ4n) is 3.81. The second kappa shape index (κ2) is 11.0. The molecule has 0 saturated carbocycles. The zero-order chi connectivity index (χ0) is 25.8. The molecule has 0 saturated heterocycles. The van der Waals surface area contributed by atoms with Crippen molar-refractivity contribution in [1.82, 2.24) is 4.90 Å². The number of hydrogen-bond acceptors (Lipinski definition) is 1. The van der Waals surface area contributed by atoms with Crippen molar-refractivity contribution in [1.29, 1.82) is 0 Å². The number of carbonyl (C=O) groups is 1. The fraction of sp³-hybridized carbons (Fsp3) is 0.321. The first kappa shape index (κ1) is 27.1. The molecule has 35 heavy (non-hydrogen) atoms. The van der Waals surface area contributed by atoms with Gasteiger partial charge in [-0.1, -0.05) is 80.4 Å². The number of aryl methyl sites for hydroxylation is 1. The van der Waals surface area contributed by atoms with Gasteiger partial charge in [0.2, 0.25) is 0 Å². The Balaban J connectivity index is 1.85. The van der Waals surface area contributed by atoms with Crippen molar-refractivity contribution in [2.24, 2.45) is 0 Å². The Morgan fingerprint density at radius 2 is 1.51 bits per heavy atom. The van der Waals surface area contributed by atoms with Crippen molar-refractivity contribution in [2.75, 3.05) is 6.54 Å². The molecule has 0 fully saturated rings. The van der Waals surface area contributed by atoms with Gasteiger partial charge in [0, 0.05) is 28.7 Å². The predicted octanol–water partition coefficient (Wildman–Crippen LogP) is 8.58. The lowest BCUT2D eigenvalue weighted by Gasteiger charge is -2.25. The van der Waals surface area contributed by atoms with E-state index in [0.717, 1.165) is 28.8 Å². The van der Waals surface area contributed by atoms with Crippen LogP contribution in [0, 0.1) is 0 Å². The molecular weight excluding hydrogens is 494 g/mol. The summed E-state index contributed by atoms with van der Waals surface area (Å²) in [7, 11) is 0. The van der Waals surface area contributed by atoms with Crippen LogP contribution in [-0.2, 0) is 24.6 Å². The van der Waals surface area contributed by atoms with Gasteiger partial charge in [0.05, 0.1) is 5.56 Å². The minimum absolute atomic E-state index is 0.0141. The maximum Gasteiger partial charge on any atom is 0.416 e. The van der Waals surface area contributed by atoms with E-state index >= 15 is 0 Å². The van der Waals surface area contributed by atoms with Crippen molar-refractivity contribution >= 4 is 29.1 Å². The SMILES string of the molecule is CC(C)(C)c1ccc(CN(CCCc2cccc(Cl)c2)C(=O)c2cc(Cl)cc(C(F)(F)F)c2)cc1. The summed E-state index contributed by atoms with van der Waals surface area (Å²) in [5, 5.41) is 0.504. The molecular formula is C28H28Cl2F3NO. The van der Waals surface area contributed by atoms with E-state index in [2.05, 4.69) is 20.8 Å². The number of halogens is 5. The number of alkyl halides is 3. The molecule has 0 N–H and O–H groups in total. The van der Waals surface area contributed by atoms with E-state index in [-0.39, 0.29) is 22.5 Å². The van der Waals surface area contributed by atoms with Gasteiger partial charge in [0.15, 0.2) is 0 Å². The standard InChI is InChI=1S/C28H28Cl2F3NO/c1-27(2,3)22-11-9-20(10-12-22)18-34(13-5-7-19-6-4-8-24(29)14-19)26(35)21-15-23(28(31,32)33)17-25(30)16-21/h4,6,8-12,14-17H,5,7,13,18H2,1-3H3. The molecule has 3 aromatic carbocycles. The second-order valence-corrected chi connectivity index (χ2v) is 10.5. The van der Waals surface area contributed by atoms with Crippen LogP contribution in [0.1, 0.15) is 59.8 Å². The van der Waals surface area contributed by atoms with Crippen LogP contribution in [0.15, 0.2) is 66.7 Å². The van der Waals surface area contributed by atoms with Gasteiger partial charge in [-0.3, -0.25) is 4.79 Å². The van der Waals surface area contributed by atoms with Gasteiger partial charge in [0.25, 0.3) is 5.91 Å². The third-order valence-corrected chi connectivity index (χ3v) is 6.19. The number of benzene rings is 3. The van der Waals surface area contributed by atoms with E-state index in [1.807, 2.05) is 42.5 Å². The summed E-state index contributed by atoms with van der Waals surface area (Å²) in [6.45, 7) is 6.98. The lowest BCUT2D eigenvalue weighted by atomic mass is 9.87. The first-order chi connectivity index (χ1) is 16.3. The van der Waals surface area contributed by atoms with Gasteiger partial charge in [-0.15, -0.1) is 0 Å². The molecule has 3 rings (SSSR count). The molecule has 0 aliphatic rings. The van der Waals surface area contributed by atoms with Crippen molar-refractivity contribution in [3.63, 3.8) is 0 Å². The van der Waals surface area contributed by atoms with E-state index in [4.69, 9.17) is 23.2 Å². The Kier molecular flexibility index (Phi) is 8.55. The Labute approximate surface area is 214 Å². The second-order valence-electron chi connectivity index (χ2n) is 9.63. The zero-order valence-electron chi connectivity index (χ0n) is 19.9. The molecule has 186 valence electrons. The summed E-state index contributed by atoms with van der Waals surface area (Å²) in [6.07, 6.45) is -3.30. The molecule has 7 heteroatoms. The van der Waals surface area contributed by atoms with Gasteiger partial charge >= 0.3 is 6.18 Å². The van der Waals surface area contributed by atoms with Crippen LogP contribution >= 0.6 is 23.2 Å². The molecule has 3 aromatic rings. The fourth-order valence-corrected chi connectivity index (χ4v) is 4.26. The van der Waals surface area contributed by atoms with Crippen LogP contribution in [0.25, 0.3) is 0 Å². The molecule has 0 aliphatic heterocycles. The Morgan fingerprint density at radius 3 is 2.11 bits per heavy atom. The molecule has 0 aliphatic carbocycles. The lowest BCUT2D eigenvalue weighted by Crippen LogP contribution is -2.32. The van der Waals surface area contributed by atoms with E-state index < -0.39 is 17.6 Å². The highest BCUT2D eigenvalue weighted by Crippen LogP contribution is 2.32. The Hall–Kier alpha value is -2.50. The largest absolute Gasteiger partial charge is 0.416 e.